The van der Waals surface area contributed by atoms with Crippen LogP contribution in [0.15, 0.2) is 48.7 Å². The molecule has 1 aliphatic heterocycles. The Morgan fingerprint density at radius 2 is 1.95 bits per heavy atom. The third kappa shape index (κ3) is 6.92. The minimum atomic E-state index is -1.60. The van der Waals surface area contributed by atoms with Crippen LogP contribution in [0.1, 0.15) is 6.42 Å². The van der Waals surface area contributed by atoms with Gasteiger partial charge >= 0.3 is 0 Å². The van der Waals surface area contributed by atoms with E-state index >= 15 is 4.39 Å². The monoisotopic (exact) mass is 583 g/mol. The van der Waals surface area contributed by atoms with Gasteiger partial charge in [-0.1, -0.05) is 6.07 Å². The molecule has 0 radical (unpaired) electrons. The van der Waals surface area contributed by atoms with Gasteiger partial charge in [0.25, 0.3) is 0 Å². The number of nitrogens with one attached hydrogen (secondary N) is 2. The molecule has 0 saturated carbocycles. The molecule has 5 rings (SSSR count). The standard InChI is InChI=1S/C28H31F2N7O3S/c1-39-14-11-31-24-9-6-19(18-32-24)27-34-23-8-7-21(33-26(23)28(35-27)37-12-15-40-16-13-37)20-4-2-5-22(25(20)30)36-41(38)17-3-10-29/h2,4-9,18,36H,3,10-17H2,1H3,(H,31,32). The number of nitrogens with zero attached hydrogens (tertiary/aromatic N) is 5. The van der Waals surface area contributed by atoms with E-state index in [-0.39, 0.29) is 23.4 Å². The van der Waals surface area contributed by atoms with E-state index in [1.54, 1.807) is 37.6 Å². The molecule has 0 amide bonds. The van der Waals surface area contributed by atoms with Crippen molar-refractivity contribution in [3.05, 3.63) is 54.5 Å². The highest BCUT2D eigenvalue weighted by Crippen LogP contribution is 2.32. The number of morpholine rings is 1. The van der Waals surface area contributed by atoms with Crippen LogP contribution < -0.4 is 14.9 Å². The predicted molar refractivity (Wildman–Crippen MR) is 157 cm³/mol. The van der Waals surface area contributed by atoms with Crippen LogP contribution in [-0.4, -0.2) is 83.1 Å². The van der Waals surface area contributed by atoms with Crippen LogP contribution in [0.5, 0.6) is 0 Å². The minimum Gasteiger partial charge on any atom is -0.383 e. The number of hydrogen-bond donors (Lipinski definition) is 2. The first-order chi connectivity index (χ1) is 20.1. The molecule has 1 saturated heterocycles. The molecule has 216 valence electrons. The van der Waals surface area contributed by atoms with E-state index in [2.05, 4.69) is 19.9 Å². The number of anilines is 3. The number of methoxy groups -OCH3 is 1. The second-order valence-corrected chi connectivity index (χ2v) is 10.6. The molecule has 0 aliphatic carbocycles. The molecule has 1 unspecified atom stereocenters. The van der Waals surface area contributed by atoms with Crippen LogP contribution in [0.25, 0.3) is 33.7 Å². The lowest BCUT2D eigenvalue weighted by Gasteiger charge is -2.28. The zero-order chi connectivity index (χ0) is 28.6. The Bertz CT molecular complexity index is 1500. The summed E-state index contributed by atoms with van der Waals surface area (Å²) in [5.74, 6) is 1.33. The van der Waals surface area contributed by atoms with Crippen molar-refractivity contribution >= 4 is 39.3 Å². The summed E-state index contributed by atoms with van der Waals surface area (Å²) in [4.78, 5) is 21.0. The van der Waals surface area contributed by atoms with E-state index in [0.717, 1.165) is 11.4 Å². The van der Waals surface area contributed by atoms with Crippen LogP contribution in [-0.2, 0) is 20.5 Å². The van der Waals surface area contributed by atoms with Gasteiger partial charge in [0.05, 0.1) is 43.4 Å². The number of pyridine rings is 2. The van der Waals surface area contributed by atoms with E-state index in [9.17, 15) is 8.60 Å². The fourth-order valence-electron chi connectivity index (χ4n) is 4.35. The first-order valence-electron chi connectivity index (χ1n) is 13.3. The topological polar surface area (TPSA) is 114 Å². The Hall–Kier alpha value is -3.81. The first-order valence-corrected chi connectivity index (χ1v) is 14.6. The van der Waals surface area contributed by atoms with E-state index in [1.807, 2.05) is 12.1 Å². The van der Waals surface area contributed by atoms with Crippen LogP contribution in [0.4, 0.5) is 26.1 Å². The molecule has 41 heavy (non-hydrogen) atoms. The van der Waals surface area contributed by atoms with Gasteiger partial charge in [0.2, 0.25) is 0 Å². The average molecular weight is 584 g/mol. The van der Waals surface area contributed by atoms with Gasteiger partial charge in [-0.25, -0.2) is 28.5 Å². The van der Waals surface area contributed by atoms with Crippen LogP contribution >= 0.6 is 0 Å². The van der Waals surface area contributed by atoms with Gasteiger partial charge in [-0.05, 0) is 42.8 Å². The number of fused-ring (bicyclic) bond motifs is 1. The highest BCUT2D eigenvalue weighted by molar-refractivity contribution is 7.86. The summed E-state index contributed by atoms with van der Waals surface area (Å²) in [6.45, 7) is 2.96. The fraction of sp³-hybridized carbons (Fsp3) is 0.357. The summed E-state index contributed by atoms with van der Waals surface area (Å²) < 4.78 is 53.4. The maximum Gasteiger partial charge on any atom is 0.163 e. The second kappa shape index (κ2) is 13.7. The summed E-state index contributed by atoms with van der Waals surface area (Å²) >= 11 is 0. The minimum absolute atomic E-state index is 0.0641. The molecule has 1 atom stereocenters. The molecule has 4 aromatic rings. The number of alkyl halides is 1. The van der Waals surface area contributed by atoms with Gasteiger partial charge in [-0.3, -0.25) is 4.39 Å². The number of benzene rings is 1. The van der Waals surface area contributed by atoms with Crippen molar-refractivity contribution in [3.8, 4) is 22.6 Å². The Morgan fingerprint density at radius 3 is 2.71 bits per heavy atom. The van der Waals surface area contributed by atoms with Crippen molar-refractivity contribution in [1.82, 2.24) is 19.9 Å². The normalized spacial score (nSPS) is 14.3. The molecular weight excluding hydrogens is 552 g/mol. The number of aromatic nitrogens is 4. The summed E-state index contributed by atoms with van der Waals surface area (Å²) in [5, 5.41) is 3.19. The Morgan fingerprint density at radius 1 is 1.10 bits per heavy atom. The number of hydrogen-bond acceptors (Lipinski definition) is 9. The molecule has 13 heteroatoms. The number of ether oxygens (including phenoxy) is 2. The smallest absolute Gasteiger partial charge is 0.163 e. The van der Waals surface area contributed by atoms with E-state index in [0.29, 0.717) is 67.8 Å². The molecule has 1 fully saturated rings. The zero-order valence-electron chi connectivity index (χ0n) is 22.6. The highest BCUT2D eigenvalue weighted by atomic mass is 32.2. The van der Waals surface area contributed by atoms with Crippen molar-refractivity contribution < 1.29 is 22.5 Å². The quantitative estimate of drug-likeness (QED) is 0.237. The molecule has 1 aromatic carbocycles. The average Bonchev–Trinajstić information content (AvgIpc) is 3.01. The van der Waals surface area contributed by atoms with E-state index in [1.165, 1.54) is 6.07 Å². The highest BCUT2D eigenvalue weighted by Gasteiger charge is 2.21. The first kappa shape index (κ1) is 28.7. The van der Waals surface area contributed by atoms with Gasteiger partial charge in [0.15, 0.2) is 17.5 Å². The van der Waals surface area contributed by atoms with Crippen molar-refractivity contribution in [1.29, 1.82) is 0 Å². The Balaban J connectivity index is 1.51. The lowest BCUT2D eigenvalue weighted by atomic mass is 10.1. The van der Waals surface area contributed by atoms with Crippen LogP contribution in [0.2, 0.25) is 0 Å². The van der Waals surface area contributed by atoms with Crippen LogP contribution in [0, 0.1) is 5.82 Å². The molecule has 4 heterocycles. The molecule has 0 spiro atoms. The fourth-order valence-corrected chi connectivity index (χ4v) is 5.23. The Labute approximate surface area is 239 Å². The molecule has 10 nitrogen and oxygen atoms in total. The third-order valence-electron chi connectivity index (χ3n) is 6.43. The van der Waals surface area contributed by atoms with Gasteiger partial charge in [0.1, 0.15) is 22.3 Å². The SMILES string of the molecule is COCCNc1ccc(-c2nc(N3CCOCC3)c3nc(-c4cccc(NS(=O)CCCF)c4F)ccc3n2)cn1. The zero-order valence-corrected chi connectivity index (χ0v) is 23.4. The number of halogens is 2. The number of rotatable bonds is 12. The second-order valence-electron chi connectivity index (χ2n) is 9.25. The summed E-state index contributed by atoms with van der Waals surface area (Å²) in [7, 11) is 0.0414. The third-order valence-corrected chi connectivity index (χ3v) is 7.54. The molecule has 3 aromatic heterocycles. The van der Waals surface area contributed by atoms with Gasteiger partial charge in [-0.2, -0.15) is 0 Å². The van der Waals surface area contributed by atoms with E-state index in [4.69, 9.17) is 24.4 Å². The Kier molecular flexibility index (Phi) is 9.59. The van der Waals surface area contributed by atoms with Gasteiger partial charge < -0.3 is 24.4 Å². The lowest BCUT2D eigenvalue weighted by Crippen LogP contribution is -2.37. The molecule has 1 aliphatic rings. The molecule has 0 bridgehead atoms. The van der Waals surface area contributed by atoms with E-state index < -0.39 is 23.5 Å². The maximum absolute atomic E-state index is 15.5. The predicted octanol–water partition coefficient (Wildman–Crippen LogP) is 4.22. The van der Waals surface area contributed by atoms with Crippen LogP contribution in [0.3, 0.4) is 0 Å². The summed E-state index contributed by atoms with van der Waals surface area (Å²) in [6, 6.07) is 12.0. The van der Waals surface area contributed by atoms with Crippen molar-refractivity contribution in [2.24, 2.45) is 0 Å². The summed E-state index contributed by atoms with van der Waals surface area (Å²) in [6.07, 6.45) is 1.84. The van der Waals surface area contributed by atoms with Crippen molar-refractivity contribution in [3.63, 3.8) is 0 Å². The van der Waals surface area contributed by atoms with Gasteiger partial charge in [-0.15, -0.1) is 0 Å². The van der Waals surface area contributed by atoms with Crippen molar-refractivity contribution in [2.45, 2.75) is 6.42 Å². The van der Waals surface area contributed by atoms with Crippen molar-refractivity contribution in [2.75, 3.05) is 73.9 Å². The summed E-state index contributed by atoms with van der Waals surface area (Å²) in [5.41, 5.74) is 2.56. The van der Waals surface area contributed by atoms with Gasteiger partial charge in [0, 0.05) is 49.8 Å². The molecular formula is C28H31F2N7O3S. The largest absolute Gasteiger partial charge is 0.383 e. The maximum atomic E-state index is 15.5. The molecule has 2 N–H and O–H groups in total. The lowest BCUT2D eigenvalue weighted by molar-refractivity contribution is 0.122.